The van der Waals surface area contributed by atoms with Crippen molar-refractivity contribution in [3.8, 4) is 11.1 Å². The van der Waals surface area contributed by atoms with Gasteiger partial charge in [0, 0.05) is 57.1 Å². The Balaban J connectivity index is 1.23. The van der Waals surface area contributed by atoms with Gasteiger partial charge < -0.3 is 25.2 Å². The van der Waals surface area contributed by atoms with Gasteiger partial charge in [0.15, 0.2) is 0 Å². The number of ether oxygens (including phenoxy) is 1. The predicted octanol–water partition coefficient (Wildman–Crippen LogP) is 1.43. The summed E-state index contributed by atoms with van der Waals surface area (Å²) in [5, 5.41) is 5.51. The molecular formula is C24H29N5O4. The molecule has 2 aromatic rings. The molecule has 3 heterocycles. The Morgan fingerprint density at radius 1 is 1.09 bits per heavy atom. The number of fused-ring (bicyclic) bond motifs is 1. The van der Waals surface area contributed by atoms with Gasteiger partial charge in [-0.1, -0.05) is 6.07 Å². The summed E-state index contributed by atoms with van der Waals surface area (Å²) < 4.78 is 5.41. The normalized spacial score (nSPS) is 15.2. The fourth-order valence-electron chi connectivity index (χ4n) is 4.06. The average molecular weight is 452 g/mol. The number of hydrogen-bond donors (Lipinski definition) is 2. The lowest BCUT2D eigenvalue weighted by Crippen LogP contribution is -2.49. The molecule has 0 spiro atoms. The molecule has 33 heavy (non-hydrogen) atoms. The minimum atomic E-state index is -0.0878. The zero-order chi connectivity index (χ0) is 23.2. The summed E-state index contributed by atoms with van der Waals surface area (Å²) in [5.74, 6) is 0.921. The number of amides is 3. The number of anilines is 2. The number of rotatable bonds is 8. The minimum absolute atomic E-state index is 0.0303. The second-order valence-electron chi connectivity index (χ2n) is 8.22. The molecule has 0 atom stereocenters. The highest BCUT2D eigenvalue weighted by Gasteiger charge is 2.22. The van der Waals surface area contributed by atoms with E-state index in [-0.39, 0.29) is 17.7 Å². The van der Waals surface area contributed by atoms with E-state index in [4.69, 9.17) is 4.74 Å². The number of benzene rings is 1. The maximum absolute atomic E-state index is 12.4. The molecule has 0 radical (unpaired) electrons. The first-order valence-corrected chi connectivity index (χ1v) is 11.2. The second-order valence-corrected chi connectivity index (χ2v) is 8.22. The lowest BCUT2D eigenvalue weighted by molar-refractivity contribution is -0.132. The van der Waals surface area contributed by atoms with Crippen molar-refractivity contribution in [3.63, 3.8) is 0 Å². The third-order valence-electron chi connectivity index (χ3n) is 5.85. The van der Waals surface area contributed by atoms with Crippen LogP contribution in [0.1, 0.15) is 18.9 Å². The van der Waals surface area contributed by atoms with Gasteiger partial charge in [0.05, 0.1) is 26.1 Å². The molecule has 0 bridgehead atoms. The van der Waals surface area contributed by atoms with Crippen LogP contribution < -0.4 is 15.5 Å². The molecule has 4 rings (SSSR count). The minimum Gasteiger partial charge on any atom is -0.379 e. The van der Waals surface area contributed by atoms with Crippen LogP contribution in [0.25, 0.3) is 11.1 Å². The smallest absolute Gasteiger partial charge is 0.228 e. The highest BCUT2D eigenvalue weighted by molar-refractivity contribution is 5.99. The maximum Gasteiger partial charge on any atom is 0.228 e. The Morgan fingerprint density at radius 2 is 1.88 bits per heavy atom. The highest BCUT2D eigenvalue weighted by Crippen LogP contribution is 2.29. The molecule has 2 aliphatic heterocycles. The number of nitrogens with zero attached hydrogens (tertiary/aromatic N) is 3. The van der Waals surface area contributed by atoms with Gasteiger partial charge in [0.2, 0.25) is 17.7 Å². The van der Waals surface area contributed by atoms with E-state index in [1.165, 1.54) is 6.92 Å². The van der Waals surface area contributed by atoms with Gasteiger partial charge in [-0.3, -0.25) is 14.4 Å². The maximum atomic E-state index is 12.4. The first kappa shape index (κ1) is 22.7. The summed E-state index contributed by atoms with van der Waals surface area (Å²) in [5.41, 5.74) is 3.95. The Bertz CT molecular complexity index is 1020. The summed E-state index contributed by atoms with van der Waals surface area (Å²) in [6.45, 7) is 5.44. The summed E-state index contributed by atoms with van der Waals surface area (Å²) in [7, 11) is 0. The molecule has 9 heteroatoms. The predicted molar refractivity (Wildman–Crippen MR) is 125 cm³/mol. The van der Waals surface area contributed by atoms with E-state index in [1.54, 1.807) is 0 Å². The Morgan fingerprint density at radius 3 is 2.61 bits per heavy atom. The van der Waals surface area contributed by atoms with Crippen LogP contribution in [-0.4, -0.2) is 73.5 Å². The lowest BCUT2D eigenvalue weighted by atomic mass is 10.0. The van der Waals surface area contributed by atoms with Crippen molar-refractivity contribution in [1.82, 2.24) is 15.2 Å². The fourth-order valence-corrected chi connectivity index (χ4v) is 4.06. The largest absolute Gasteiger partial charge is 0.379 e. The number of piperazine rings is 1. The third-order valence-corrected chi connectivity index (χ3v) is 5.85. The van der Waals surface area contributed by atoms with Gasteiger partial charge in [0.1, 0.15) is 5.82 Å². The molecule has 1 fully saturated rings. The molecule has 0 unspecified atom stereocenters. The highest BCUT2D eigenvalue weighted by atomic mass is 16.5. The number of aromatic nitrogens is 1. The standard InChI is InChI=1S/C24H29N5O4/c1-17(30)25-7-13-33-12-6-24(32)29-10-8-28(9-11-29)22-5-3-19(16-26-22)18-2-4-21-20(14-18)15-23(31)27-21/h2-5,14,16H,6-13,15H2,1H3,(H,25,30)(H,27,31). The van der Waals surface area contributed by atoms with E-state index >= 15 is 0 Å². The topological polar surface area (TPSA) is 104 Å². The SMILES string of the molecule is CC(=O)NCCOCCC(=O)N1CCN(c2ccc(-c3ccc4c(c3)CC(=O)N4)cn2)CC1. The Hall–Kier alpha value is -3.46. The van der Waals surface area contributed by atoms with Gasteiger partial charge in [-0.05, 0) is 35.4 Å². The van der Waals surface area contributed by atoms with Crippen molar-refractivity contribution in [1.29, 1.82) is 0 Å². The molecule has 3 amide bonds. The monoisotopic (exact) mass is 451 g/mol. The number of carbonyl (C=O) groups is 3. The molecule has 174 valence electrons. The van der Waals surface area contributed by atoms with E-state index in [1.807, 2.05) is 41.4 Å². The Kier molecular flexibility index (Phi) is 7.19. The van der Waals surface area contributed by atoms with Crippen LogP contribution in [0.15, 0.2) is 36.5 Å². The van der Waals surface area contributed by atoms with Crippen LogP contribution in [0.4, 0.5) is 11.5 Å². The Labute approximate surface area is 193 Å². The number of nitrogens with one attached hydrogen (secondary N) is 2. The van der Waals surface area contributed by atoms with Gasteiger partial charge in [0.25, 0.3) is 0 Å². The van der Waals surface area contributed by atoms with Crippen molar-refractivity contribution >= 4 is 29.2 Å². The summed E-state index contributed by atoms with van der Waals surface area (Å²) in [6.07, 6.45) is 2.62. The van der Waals surface area contributed by atoms with Gasteiger partial charge in [-0.25, -0.2) is 4.98 Å². The molecule has 1 aromatic heterocycles. The molecule has 0 aliphatic carbocycles. The molecule has 2 N–H and O–H groups in total. The zero-order valence-electron chi connectivity index (χ0n) is 18.8. The number of pyridine rings is 1. The molecule has 1 aromatic carbocycles. The van der Waals surface area contributed by atoms with Crippen LogP contribution in [0.2, 0.25) is 0 Å². The van der Waals surface area contributed by atoms with Crippen LogP contribution in [-0.2, 0) is 25.5 Å². The van der Waals surface area contributed by atoms with E-state index < -0.39 is 0 Å². The third kappa shape index (κ3) is 5.87. The van der Waals surface area contributed by atoms with Crippen molar-refractivity contribution < 1.29 is 19.1 Å². The van der Waals surface area contributed by atoms with Crippen molar-refractivity contribution in [2.75, 3.05) is 56.2 Å². The van der Waals surface area contributed by atoms with Crippen LogP contribution in [0.3, 0.4) is 0 Å². The van der Waals surface area contributed by atoms with Crippen LogP contribution in [0, 0.1) is 0 Å². The van der Waals surface area contributed by atoms with Gasteiger partial charge in [-0.2, -0.15) is 0 Å². The molecule has 9 nitrogen and oxygen atoms in total. The molecule has 0 saturated carbocycles. The van der Waals surface area contributed by atoms with Crippen LogP contribution in [0.5, 0.6) is 0 Å². The second kappa shape index (κ2) is 10.4. The van der Waals surface area contributed by atoms with E-state index in [2.05, 4.69) is 20.5 Å². The lowest BCUT2D eigenvalue weighted by Gasteiger charge is -2.35. The molecule has 2 aliphatic rings. The summed E-state index contributed by atoms with van der Waals surface area (Å²) in [4.78, 5) is 43.5. The summed E-state index contributed by atoms with van der Waals surface area (Å²) >= 11 is 0. The zero-order valence-corrected chi connectivity index (χ0v) is 18.8. The van der Waals surface area contributed by atoms with E-state index in [9.17, 15) is 14.4 Å². The van der Waals surface area contributed by atoms with Crippen molar-refractivity contribution in [3.05, 3.63) is 42.1 Å². The van der Waals surface area contributed by atoms with E-state index in [0.29, 0.717) is 45.7 Å². The number of hydrogen-bond acceptors (Lipinski definition) is 6. The molecular weight excluding hydrogens is 422 g/mol. The first-order valence-electron chi connectivity index (χ1n) is 11.2. The van der Waals surface area contributed by atoms with E-state index in [0.717, 1.165) is 41.3 Å². The first-order chi connectivity index (χ1) is 16.0. The van der Waals surface area contributed by atoms with Gasteiger partial charge >= 0.3 is 0 Å². The van der Waals surface area contributed by atoms with Crippen LogP contribution >= 0.6 is 0 Å². The fraction of sp³-hybridized carbons (Fsp3) is 0.417. The van der Waals surface area contributed by atoms with Gasteiger partial charge in [-0.15, -0.1) is 0 Å². The summed E-state index contributed by atoms with van der Waals surface area (Å²) in [6, 6.07) is 10.0. The quantitative estimate of drug-likeness (QED) is 0.589. The molecule has 1 saturated heterocycles. The van der Waals surface area contributed by atoms with Crippen molar-refractivity contribution in [2.45, 2.75) is 19.8 Å². The average Bonchev–Trinajstić information content (AvgIpc) is 3.20. The number of carbonyl (C=O) groups excluding carboxylic acids is 3. The van der Waals surface area contributed by atoms with Crippen molar-refractivity contribution in [2.24, 2.45) is 0 Å².